The second kappa shape index (κ2) is 65.4. The van der Waals surface area contributed by atoms with Crippen LogP contribution in [0.5, 0.6) is 0 Å². The van der Waals surface area contributed by atoms with Crippen LogP contribution in [0.25, 0.3) is 0 Å². The molecule has 0 aromatic carbocycles. The average molecular weight is 1080 g/mol. The molecule has 0 aliphatic rings. The second-order valence-corrected chi connectivity index (χ2v) is 22.3. The third-order valence-corrected chi connectivity index (χ3v) is 14.7. The third kappa shape index (κ3) is 63.6. The summed E-state index contributed by atoms with van der Waals surface area (Å²) in [5.41, 5.74) is 0. The molecule has 1 atom stereocenters. The van der Waals surface area contributed by atoms with E-state index in [4.69, 9.17) is 14.2 Å². The van der Waals surface area contributed by atoms with Gasteiger partial charge < -0.3 is 14.2 Å². The van der Waals surface area contributed by atoms with Crippen LogP contribution in [0.1, 0.15) is 342 Å². The highest BCUT2D eigenvalue weighted by molar-refractivity contribution is 5.71. The monoisotopic (exact) mass is 1070 g/mol. The number of ether oxygens (including phenoxy) is 3. The van der Waals surface area contributed by atoms with Gasteiger partial charge in [0.25, 0.3) is 0 Å². The highest BCUT2D eigenvalue weighted by Gasteiger charge is 2.19. The normalized spacial score (nSPS) is 12.5. The number of allylic oxidation sites excluding steroid dienone is 12. The predicted molar refractivity (Wildman–Crippen MR) is 335 cm³/mol. The Hall–Kier alpha value is -3.15. The molecule has 0 saturated carbocycles. The smallest absolute Gasteiger partial charge is 0.306 e. The maximum Gasteiger partial charge on any atom is 0.306 e. The predicted octanol–water partition coefficient (Wildman–Crippen LogP) is 22.9. The number of esters is 3. The van der Waals surface area contributed by atoms with Crippen molar-refractivity contribution in [2.24, 2.45) is 0 Å². The lowest BCUT2D eigenvalue weighted by atomic mass is 10.0. The van der Waals surface area contributed by atoms with Crippen LogP contribution in [0.2, 0.25) is 0 Å². The van der Waals surface area contributed by atoms with Crippen molar-refractivity contribution in [3.8, 4) is 0 Å². The number of rotatable bonds is 61. The van der Waals surface area contributed by atoms with E-state index in [9.17, 15) is 14.4 Å². The summed E-state index contributed by atoms with van der Waals surface area (Å²) in [6.07, 6.45) is 84.9. The first-order chi connectivity index (χ1) is 38.0. The summed E-state index contributed by atoms with van der Waals surface area (Å²) in [6, 6.07) is 0. The van der Waals surface area contributed by atoms with E-state index in [-0.39, 0.29) is 31.1 Å². The summed E-state index contributed by atoms with van der Waals surface area (Å²) in [4.78, 5) is 38.3. The van der Waals surface area contributed by atoms with Crippen molar-refractivity contribution in [3.05, 3.63) is 72.9 Å². The Balaban J connectivity index is 4.24. The Morgan fingerprint density at radius 3 is 0.844 bits per heavy atom. The SMILES string of the molecule is CC/C=C\C/C=C\C/C=C\C/C=C\CCCCCCCCCCCCCCC(=O)OCC(COC(=O)CCCCCCC/C=C\CCCC)OC(=O)CCCCCCCCCCCCC/C=C\CCCCCCCCCC. The van der Waals surface area contributed by atoms with Crippen LogP contribution in [-0.2, 0) is 28.6 Å². The molecule has 77 heavy (non-hydrogen) atoms. The fourth-order valence-electron chi connectivity index (χ4n) is 9.65. The lowest BCUT2D eigenvalue weighted by Crippen LogP contribution is -2.30. The molecule has 0 N–H and O–H groups in total. The number of carbonyl (C=O) groups excluding carboxylic acids is 3. The first-order valence-corrected chi connectivity index (χ1v) is 33.4. The quantitative estimate of drug-likeness (QED) is 0.0261. The molecule has 0 heterocycles. The summed E-state index contributed by atoms with van der Waals surface area (Å²) < 4.78 is 16.9. The van der Waals surface area contributed by atoms with Gasteiger partial charge in [0, 0.05) is 19.3 Å². The molecular formula is C71H126O6. The third-order valence-electron chi connectivity index (χ3n) is 14.7. The van der Waals surface area contributed by atoms with Gasteiger partial charge in [-0.3, -0.25) is 14.4 Å². The minimum atomic E-state index is -0.780. The molecule has 1 unspecified atom stereocenters. The lowest BCUT2D eigenvalue weighted by molar-refractivity contribution is -0.167. The molecule has 0 spiro atoms. The van der Waals surface area contributed by atoms with Gasteiger partial charge in [0.2, 0.25) is 0 Å². The van der Waals surface area contributed by atoms with Gasteiger partial charge >= 0.3 is 17.9 Å². The fourth-order valence-corrected chi connectivity index (χ4v) is 9.65. The van der Waals surface area contributed by atoms with Crippen LogP contribution >= 0.6 is 0 Å². The first kappa shape index (κ1) is 73.8. The van der Waals surface area contributed by atoms with Crippen LogP contribution in [-0.4, -0.2) is 37.2 Å². The van der Waals surface area contributed by atoms with Crippen molar-refractivity contribution in [1.82, 2.24) is 0 Å². The van der Waals surface area contributed by atoms with Gasteiger partial charge in [-0.1, -0.05) is 293 Å². The molecule has 446 valence electrons. The van der Waals surface area contributed by atoms with Crippen LogP contribution in [0.4, 0.5) is 0 Å². The zero-order chi connectivity index (χ0) is 55.7. The Kier molecular flexibility index (Phi) is 62.7. The summed E-state index contributed by atoms with van der Waals surface area (Å²) in [5.74, 6) is -0.873. The Labute approximate surface area is 478 Å². The summed E-state index contributed by atoms with van der Waals surface area (Å²) in [6.45, 7) is 6.52. The maximum absolute atomic E-state index is 12.9. The second-order valence-electron chi connectivity index (χ2n) is 22.3. The van der Waals surface area contributed by atoms with Gasteiger partial charge in [-0.2, -0.15) is 0 Å². The molecule has 0 saturated heterocycles. The molecule has 0 aromatic rings. The molecule has 6 heteroatoms. The lowest BCUT2D eigenvalue weighted by Gasteiger charge is -2.18. The molecule has 0 rings (SSSR count). The molecule has 0 fully saturated rings. The van der Waals surface area contributed by atoms with Crippen molar-refractivity contribution in [3.63, 3.8) is 0 Å². The van der Waals surface area contributed by atoms with Crippen molar-refractivity contribution in [2.45, 2.75) is 348 Å². The molecule has 0 aliphatic heterocycles. The van der Waals surface area contributed by atoms with Gasteiger partial charge in [-0.25, -0.2) is 0 Å². The van der Waals surface area contributed by atoms with Crippen molar-refractivity contribution >= 4 is 17.9 Å². The van der Waals surface area contributed by atoms with E-state index in [1.165, 1.54) is 212 Å². The van der Waals surface area contributed by atoms with E-state index in [2.05, 4.69) is 93.7 Å². The summed E-state index contributed by atoms with van der Waals surface area (Å²) in [5, 5.41) is 0. The Bertz CT molecular complexity index is 1420. The molecule has 0 aliphatic carbocycles. The van der Waals surface area contributed by atoms with E-state index in [0.717, 1.165) is 89.9 Å². The number of carbonyl (C=O) groups is 3. The van der Waals surface area contributed by atoms with Gasteiger partial charge in [-0.15, -0.1) is 0 Å². The van der Waals surface area contributed by atoms with Gasteiger partial charge in [-0.05, 0) is 103 Å². The Morgan fingerprint density at radius 1 is 0.273 bits per heavy atom. The topological polar surface area (TPSA) is 78.9 Å². The molecule has 0 aromatic heterocycles. The first-order valence-electron chi connectivity index (χ1n) is 33.4. The van der Waals surface area contributed by atoms with E-state index < -0.39 is 6.10 Å². The van der Waals surface area contributed by atoms with Crippen LogP contribution in [0, 0.1) is 0 Å². The van der Waals surface area contributed by atoms with Gasteiger partial charge in [0.05, 0.1) is 0 Å². The summed E-state index contributed by atoms with van der Waals surface area (Å²) in [7, 11) is 0. The minimum absolute atomic E-state index is 0.0769. The maximum atomic E-state index is 12.9. The van der Waals surface area contributed by atoms with Gasteiger partial charge in [0.15, 0.2) is 6.10 Å². The van der Waals surface area contributed by atoms with Crippen LogP contribution in [0.3, 0.4) is 0 Å². The van der Waals surface area contributed by atoms with Crippen molar-refractivity contribution < 1.29 is 28.6 Å². The highest BCUT2D eigenvalue weighted by atomic mass is 16.6. The molecule has 0 bridgehead atoms. The zero-order valence-corrected chi connectivity index (χ0v) is 51.2. The molecule has 0 radical (unpaired) electrons. The Morgan fingerprint density at radius 2 is 0.519 bits per heavy atom. The number of unbranched alkanes of at least 4 members (excludes halogenated alkanes) is 38. The average Bonchev–Trinajstić information content (AvgIpc) is 3.43. The van der Waals surface area contributed by atoms with Crippen LogP contribution < -0.4 is 0 Å². The zero-order valence-electron chi connectivity index (χ0n) is 51.2. The van der Waals surface area contributed by atoms with E-state index in [0.29, 0.717) is 19.3 Å². The van der Waals surface area contributed by atoms with Crippen molar-refractivity contribution in [2.75, 3.05) is 13.2 Å². The van der Waals surface area contributed by atoms with E-state index in [1.807, 2.05) is 0 Å². The summed E-state index contributed by atoms with van der Waals surface area (Å²) >= 11 is 0. The number of hydrogen-bond donors (Lipinski definition) is 0. The minimum Gasteiger partial charge on any atom is -0.462 e. The largest absolute Gasteiger partial charge is 0.462 e. The highest BCUT2D eigenvalue weighted by Crippen LogP contribution is 2.17. The number of hydrogen-bond acceptors (Lipinski definition) is 6. The molecule has 0 amide bonds. The molecular weight excluding hydrogens is 949 g/mol. The van der Waals surface area contributed by atoms with E-state index >= 15 is 0 Å². The van der Waals surface area contributed by atoms with Crippen molar-refractivity contribution in [1.29, 1.82) is 0 Å². The standard InChI is InChI=1S/C71H126O6/c1-4-7-10-13-16-19-22-24-26-28-30-32-34-35-37-38-40-42-44-46-49-52-55-58-61-64-70(73)76-67-68(66-75-69(72)63-60-57-54-51-48-21-18-15-12-9-6-3)77-71(74)65-62-59-56-53-50-47-45-43-41-39-36-33-31-29-27-25-23-20-17-14-11-8-5-2/h7,10,15-16,18-19,24,26,29-32,68H,4-6,8-9,11-14,17,20-23,25,27-28,33-67H2,1-3H3/b10-7-,18-15-,19-16-,26-24-,31-29-,32-30-. The fraction of sp³-hybridized carbons (Fsp3) is 0.789. The van der Waals surface area contributed by atoms with E-state index in [1.54, 1.807) is 0 Å². The van der Waals surface area contributed by atoms with Crippen LogP contribution in [0.15, 0.2) is 72.9 Å². The molecule has 6 nitrogen and oxygen atoms in total. The van der Waals surface area contributed by atoms with Gasteiger partial charge in [0.1, 0.15) is 13.2 Å².